The van der Waals surface area contributed by atoms with Crippen LogP contribution in [-0.2, 0) is 19.6 Å². The Morgan fingerprint density at radius 3 is 2.70 bits per heavy atom. The Labute approximate surface area is 176 Å². The Kier molecular flexibility index (Phi) is 7.20. The van der Waals surface area contributed by atoms with E-state index in [1.165, 1.54) is 22.5 Å². The second kappa shape index (κ2) is 9.84. The lowest BCUT2D eigenvalue weighted by Gasteiger charge is -2.26. The van der Waals surface area contributed by atoms with E-state index in [0.717, 1.165) is 5.56 Å². The van der Waals surface area contributed by atoms with Crippen LogP contribution in [0.25, 0.3) is 6.08 Å². The molecule has 1 aromatic carbocycles. The maximum absolute atomic E-state index is 13.0. The van der Waals surface area contributed by atoms with E-state index >= 15 is 0 Å². The fourth-order valence-electron chi connectivity index (χ4n) is 2.88. The molecular formula is C21H25N3O5S. The Balaban J connectivity index is 1.85. The van der Waals surface area contributed by atoms with Gasteiger partial charge in [0.25, 0.3) is 0 Å². The summed E-state index contributed by atoms with van der Waals surface area (Å²) in [5.41, 5.74) is 1.06. The number of pyridine rings is 1. The molecule has 1 N–H and O–H groups in total. The topological polar surface area (TPSA) is 97.8 Å². The molecule has 2 heterocycles. The average molecular weight is 432 g/mol. The SMILES string of the molecule is CC(C)Oc1ccc(S(=O)(=O)N2CCOCC2)cc1NC(=O)/C=C\c1cccnc1. The average Bonchev–Trinajstić information content (AvgIpc) is 2.74. The minimum absolute atomic E-state index is 0.0899. The summed E-state index contributed by atoms with van der Waals surface area (Å²) in [5, 5.41) is 2.72. The molecule has 0 bridgehead atoms. The van der Waals surface area contributed by atoms with Crippen LogP contribution in [0.2, 0.25) is 0 Å². The summed E-state index contributed by atoms with van der Waals surface area (Å²) in [6, 6.07) is 8.07. The van der Waals surface area contributed by atoms with Crippen LogP contribution in [0.3, 0.4) is 0 Å². The Morgan fingerprint density at radius 1 is 1.27 bits per heavy atom. The molecule has 1 aliphatic rings. The minimum atomic E-state index is -3.70. The number of hydrogen-bond donors (Lipinski definition) is 1. The molecule has 0 spiro atoms. The molecule has 1 aromatic heterocycles. The molecule has 160 valence electrons. The zero-order chi connectivity index (χ0) is 21.6. The first-order chi connectivity index (χ1) is 14.4. The summed E-state index contributed by atoms with van der Waals surface area (Å²) in [6.07, 6.45) is 6.12. The Bertz CT molecular complexity index is 1000. The molecule has 0 radical (unpaired) electrons. The lowest BCUT2D eigenvalue weighted by atomic mass is 10.2. The van der Waals surface area contributed by atoms with Gasteiger partial charge in [0, 0.05) is 31.6 Å². The number of anilines is 1. The fraction of sp³-hybridized carbons (Fsp3) is 0.333. The van der Waals surface area contributed by atoms with Crippen LogP contribution < -0.4 is 10.1 Å². The van der Waals surface area contributed by atoms with Crippen LogP contribution in [0.5, 0.6) is 5.75 Å². The van der Waals surface area contributed by atoms with Crippen molar-refractivity contribution >= 4 is 27.7 Å². The fourth-order valence-corrected chi connectivity index (χ4v) is 4.32. The molecule has 2 aromatic rings. The van der Waals surface area contributed by atoms with E-state index in [4.69, 9.17) is 9.47 Å². The molecule has 0 unspecified atom stereocenters. The predicted octanol–water partition coefficient (Wildman–Crippen LogP) is 2.54. The van der Waals surface area contributed by atoms with Crippen molar-refractivity contribution in [1.29, 1.82) is 0 Å². The number of nitrogens with one attached hydrogen (secondary N) is 1. The van der Waals surface area contributed by atoms with Gasteiger partial charge in [-0.15, -0.1) is 0 Å². The molecule has 30 heavy (non-hydrogen) atoms. The number of ether oxygens (including phenoxy) is 2. The smallest absolute Gasteiger partial charge is 0.248 e. The lowest BCUT2D eigenvalue weighted by Crippen LogP contribution is -2.40. The second-order valence-electron chi connectivity index (χ2n) is 6.95. The third-order valence-corrected chi connectivity index (χ3v) is 6.19. The van der Waals surface area contributed by atoms with Crippen molar-refractivity contribution in [2.24, 2.45) is 0 Å². The van der Waals surface area contributed by atoms with Gasteiger partial charge < -0.3 is 14.8 Å². The van der Waals surface area contributed by atoms with Crippen molar-refractivity contribution in [2.75, 3.05) is 31.6 Å². The van der Waals surface area contributed by atoms with Gasteiger partial charge in [-0.25, -0.2) is 8.42 Å². The van der Waals surface area contributed by atoms with E-state index in [2.05, 4.69) is 10.3 Å². The maximum atomic E-state index is 13.0. The van der Waals surface area contributed by atoms with Crippen LogP contribution >= 0.6 is 0 Å². The standard InChI is InChI=1S/C21H25N3O5S/c1-16(2)29-20-7-6-18(30(26,27)24-10-12-28-13-11-24)14-19(20)23-21(25)8-5-17-4-3-9-22-15-17/h3-9,14-16H,10-13H2,1-2H3,(H,23,25)/b8-5-. The van der Waals surface area contributed by atoms with Crippen molar-refractivity contribution in [3.63, 3.8) is 0 Å². The van der Waals surface area contributed by atoms with Crippen LogP contribution in [-0.4, -0.2) is 56.0 Å². The number of amides is 1. The highest BCUT2D eigenvalue weighted by Gasteiger charge is 2.27. The lowest BCUT2D eigenvalue weighted by molar-refractivity contribution is -0.111. The number of rotatable bonds is 7. The van der Waals surface area contributed by atoms with E-state index in [1.807, 2.05) is 19.9 Å². The molecular weight excluding hydrogens is 406 g/mol. The zero-order valence-corrected chi connectivity index (χ0v) is 17.8. The first kappa shape index (κ1) is 21.9. The van der Waals surface area contributed by atoms with E-state index in [9.17, 15) is 13.2 Å². The molecule has 8 nitrogen and oxygen atoms in total. The number of hydrogen-bond acceptors (Lipinski definition) is 6. The molecule has 9 heteroatoms. The summed E-state index contributed by atoms with van der Waals surface area (Å²) < 4.78 is 38.3. The van der Waals surface area contributed by atoms with E-state index < -0.39 is 15.9 Å². The van der Waals surface area contributed by atoms with Crippen LogP contribution in [0.1, 0.15) is 19.4 Å². The third-order valence-electron chi connectivity index (χ3n) is 4.29. The largest absolute Gasteiger partial charge is 0.489 e. The van der Waals surface area contributed by atoms with Crippen molar-refractivity contribution in [3.05, 3.63) is 54.4 Å². The predicted molar refractivity (Wildman–Crippen MR) is 114 cm³/mol. The highest BCUT2D eigenvalue weighted by Crippen LogP contribution is 2.30. The zero-order valence-electron chi connectivity index (χ0n) is 16.9. The quantitative estimate of drug-likeness (QED) is 0.677. The first-order valence-corrected chi connectivity index (χ1v) is 11.1. The summed E-state index contributed by atoms with van der Waals surface area (Å²) >= 11 is 0. The highest BCUT2D eigenvalue weighted by atomic mass is 32.2. The third kappa shape index (κ3) is 5.65. The van der Waals surface area contributed by atoms with Crippen molar-refractivity contribution in [1.82, 2.24) is 9.29 Å². The van der Waals surface area contributed by atoms with Gasteiger partial charge in [0.2, 0.25) is 15.9 Å². The molecule has 1 saturated heterocycles. The van der Waals surface area contributed by atoms with Crippen LogP contribution in [0, 0.1) is 0 Å². The molecule has 0 saturated carbocycles. The molecule has 3 rings (SSSR count). The van der Waals surface area contributed by atoms with Gasteiger partial charge in [-0.2, -0.15) is 4.31 Å². The molecule has 1 aliphatic heterocycles. The number of morpholine rings is 1. The van der Waals surface area contributed by atoms with Gasteiger partial charge in [0.1, 0.15) is 5.75 Å². The van der Waals surface area contributed by atoms with Gasteiger partial charge in [0.05, 0.1) is 29.9 Å². The number of nitrogens with zero attached hydrogens (tertiary/aromatic N) is 2. The van der Waals surface area contributed by atoms with Gasteiger partial charge in [-0.3, -0.25) is 9.78 Å². The van der Waals surface area contributed by atoms with Crippen LogP contribution in [0.4, 0.5) is 5.69 Å². The maximum Gasteiger partial charge on any atom is 0.248 e. The first-order valence-electron chi connectivity index (χ1n) is 9.64. The molecule has 0 atom stereocenters. The van der Waals surface area contributed by atoms with Crippen molar-refractivity contribution in [3.8, 4) is 5.75 Å². The van der Waals surface area contributed by atoms with E-state index in [1.54, 1.807) is 30.6 Å². The number of sulfonamides is 1. The minimum Gasteiger partial charge on any atom is -0.489 e. The van der Waals surface area contributed by atoms with Gasteiger partial charge in [-0.1, -0.05) is 6.07 Å². The molecule has 1 fully saturated rings. The Hall–Kier alpha value is -2.75. The van der Waals surface area contributed by atoms with Gasteiger partial charge in [0.15, 0.2) is 0 Å². The Morgan fingerprint density at radius 2 is 2.03 bits per heavy atom. The van der Waals surface area contributed by atoms with E-state index in [0.29, 0.717) is 37.7 Å². The monoisotopic (exact) mass is 431 g/mol. The van der Waals surface area contributed by atoms with Gasteiger partial charge in [-0.05, 0) is 49.8 Å². The summed E-state index contributed by atoms with van der Waals surface area (Å²) in [7, 11) is -3.70. The van der Waals surface area contributed by atoms with Crippen LogP contribution in [0.15, 0.2) is 53.7 Å². The number of carbonyl (C=O) groups is 1. The number of carbonyl (C=O) groups excluding carboxylic acids is 1. The summed E-state index contributed by atoms with van der Waals surface area (Å²) in [6.45, 7) is 5.01. The summed E-state index contributed by atoms with van der Waals surface area (Å²) in [4.78, 5) is 16.5. The normalized spacial score (nSPS) is 15.4. The van der Waals surface area contributed by atoms with E-state index in [-0.39, 0.29) is 11.0 Å². The second-order valence-corrected chi connectivity index (χ2v) is 8.89. The number of benzene rings is 1. The van der Waals surface area contributed by atoms with Crippen molar-refractivity contribution < 1.29 is 22.7 Å². The summed E-state index contributed by atoms with van der Waals surface area (Å²) in [5.74, 6) is -0.0116. The molecule has 0 aliphatic carbocycles. The number of aromatic nitrogens is 1. The van der Waals surface area contributed by atoms with Crippen molar-refractivity contribution in [2.45, 2.75) is 24.8 Å². The highest BCUT2D eigenvalue weighted by molar-refractivity contribution is 7.89. The molecule has 1 amide bonds. The van der Waals surface area contributed by atoms with Gasteiger partial charge >= 0.3 is 0 Å².